The van der Waals surface area contributed by atoms with Gasteiger partial charge in [0, 0.05) is 47.7 Å². The molecule has 0 spiro atoms. The molecule has 19 heavy (non-hydrogen) atoms. The molecule has 5 heteroatoms. The van der Waals surface area contributed by atoms with E-state index in [0.717, 1.165) is 18.2 Å². The predicted octanol–water partition coefficient (Wildman–Crippen LogP) is 2.57. The van der Waals surface area contributed by atoms with Crippen molar-refractivity contribution in [3.8, 4) is 0 Å². The highest BCUT2D eigenvalue weighted by Gasteiger charge is 2.30. The summed E-state index contributed by atoms with van der Waals surface area (Å²) in [6, 6.07) is 2.69. The van der Waals surface area contributed by atoms with Crippen molar-refractivity contribution in [3.05, 3.63) is 18.0 Å². The highest BCUT2D eigenvalue weighted by Crippen LogP contribution is 2.33. The molecule has 0 radical (unpaired) electrons. The van der Waals surface area contributed by atoms with Crippen molar-refractivity contribution in [2.75, 3.05) is 18.1 Å². The Morgan fingerprint density at radius 3 is 2.89 bits per heavy atom. The first-order chi connectivity index (χ1) is 9.20. The van der Waals surface area contributed by atoms with Crippen LogP contribution in [0.5, 0.6) is 0 Å². The molecule has 1 aromatic rings. The first-order valence-electron chi connectivity index (χ1n) is 7.15. The van der Waals surface area contributed by atoms with Crippen LogP contribution in [0.15, 0.2) is 12.3 Å². The minimum absolute atomic E-state index is 0.544. The molecule has 1 aliphatic heterocycles. The van der Waals surface area contributed by atoms with Crippen molar-refractivity contribution < 1.29 is 0 Å². The zero-order chi connectivity index (χ0) is 13.7. The van der Waals surface area contributed by atoms with Crippen LogP contribution in [0.4, 0.5) is 0 Å². The molecule has 108 valence electrons. The molecule has 0 bridgehead atoms. The quantitative estimate of drug-likeness (QED) is 0.874. The second kappa shape index (κ2) is 7.60. The minimum atomic E-state index is 0.544. The lowest BCUT2D eigenvalue weighted by molar-refractivity contribution is 0.480. The van der Waals surface area contributed by atoms with E-state index in [1.54, 1.807) is 0 Å². The first kappa shape index (κ1) is 15.3. The second-order valence-electron chi connectivity index (χ2n) is 5.16. The molecule has 0 aliphatic carbocycles. The Morgan fingerprint density at radius 2 is 2.26 bits per heavy atom. The average Bonchev–Trinajstić information content (AvgIpc) is 2.81. The molecule has 0 saturated carbocycles. The van der Waals surface area contributed by atoms with Crippen LogP contribution in [0.25, 0.3) is 0 Å². The van der Waals surface area contributed by atoms with Gasteiger partial charge in [0.1, 0.15) is 0 Å². The van der Waals surface area contributed by atoms with Gasteiger partial charge >= 0.3 is 0 Å². The number of thioether (sulfide) groups is 2. The second-order valence-corrected chi connectivity index (χ2v) is 7.93. The lowest BCUT2D eigenvalue weighted by Crippen LogP contribution is -2.46. The Kier molecular flexibility index (Phi) is 6.10. The SMILES string of the molecule is CCCNC(Cc1ccn(C)n1)C1SCCSC1C. The summed E-state index contributed by atoms with van der Waals surface area (Å²) < 4.78 is 1.90. The van der Waals surface area contributed by atoms with E-state index in [2.05, 4.69) is 53.9 Å². The summed E-state index contributed by atoms with van der Waals surface area (Å²) in [4.78, 5) is 0. The molecular weight excluding hydrogens is 274 g/mol. The summed E-state index contributed by atoms with van der Waals surface area (Å²) in [6.45, 7) is 5.71. The van der Waals surface area contributed by atoms with E-state index in [0.29, 0.717) is 11.3 Å². The molecule has 2 heterocycles. The van der Waals surface area contributed by atoms with Gasteiger partial charge in [0.25, 0.3) is 0 Å². The predicted molar refractivity (Wildman–Crippen MR) is 87.2 cm³/mol. The van der Waals surface area contributed by atoms with Crippen LogP contribution >= 0.6 is 23.5 Å². The fourth-order valence-corrected chi connectivity index (χ4v) is 5.48. The highest BCUT2D eigenvalue weighted by molar-refractivity contribution is 8.07. The Labute approximate surface area is 125 Å². The summed E-state index contributed by atoms with van der Waals surface area (Å²) in [6.07, 6.45) is 4.28. The van der Waals surface area contributed by atoms with Crippen molar-refractivity contribution >= 4 is 23.5 Å². The highest BCUT2D eigenvalue weighted by atomic mass is 32.2. The van der Waals surface area contributed by atoms with Crippen LogP contribution in [0.2, 0.25) is 0 Å². The maximum absolute atomic E-state index is 4.54. The number of nitrogens with zero attached hydrogens (tertiary/aromatic N) is 2. The molecule has 0 aromatic carbocycles. The van der Waals surface area contributed by atoms with E-state index in [4.69, 9.17) is 0 Å². The van der Waals surface area contributed by atoms with Gasteiger partial charge in [-0.2, -0.15) is 28.6 Å². The van der Waals surface area contributed by atoms with Crippen molar-refractivity contribution in [3.63, 3.8) is 0 Å². The monoisotopic (exact) mass is 299 g/mol. The Bertz CT molecular complexity index is 381. The summed E-state index contributed by atoms with van der Waals surface area (Å²) in [5.74, 6) is 2.58. The van der Waals surface area contributed by atoms with E-state index in [1.807, 2.05) is 17.9 Å². The zero-order valence-electron chi connectivity index (χ0n) is 12.1. The average molecular weight is 300 g/mol. The molecule has 1 N–H and O–H groups in total. The summed E-state index contributed by atoms with van der Waals surface area (Å²) >= 11 is 4.26. The zero-order valence-corrected chi connectivity index (χ0v) is 13.8. The molecular formula is C14H25N3S2. The molecule has 1 aliphatic rings. The van der Waals surface area contributed by atoms with Gasteiger partial charge in [-0.25, -0.2) is 0 Å². The van der Waals surface area contributed by atoms with Crippen molar-refractivity contribution in [2.24, 2.45) is 7.05 Å². The van der Waals surface area contributed by atoms with Gasteiger partial charge in [-0.05, 0) is 19.0 Å². The molecule has 1 aromatic heterocycles. The van der Waals surface area contributed by atoms with Crippen LogP contribution in [-0.2, 0) is 13.5 Å². The minimum Gasteiger partial charge on any atom is -0.312 e. The van der Waals surface area contributed by atoms with E-state index in [-0.39, 0.29) is 0 Å². The molecule has 0 amide bonds. The molecule has 2 rings (SSSR count). The van der Waals surface area contributed by atoms with Crippen LogP contribution < -0.4 is 5.32 Å². The van der Waals surface area contributed by atoms with Gasteiger partial charge in [0.15, 0.2) is 0 Å². The summed E-state index contributed by atoms with van der Waals surface area (Å²) in [5.41, 5.74) is 1.21. The van der Waals surface area contributed by atoms with Gasteiger partial charge in [0.2, 0.25) is 0 Å². The largest absolute Gasteiger partial charge is 0.312 e. The van der Waals surface area contributed by atoms with Gasteiger partial charge in [0.05, 0.1) is 5.69 Å². The smallest absolute Gasteiger partial charge is 0.0640 e. The van der Waals surface area contributed by atoms with E-state index in [9.17, 15) is 0 Å². The maximum Gasteiger partial charge on any atom is 0.0640 e. The maximum atomic E-state index is 4.54. The van der Waals surface area contributed by atoms with Crippen molar-refractivity contribution in [2.45, 2.75) is 43.2 Å². The third kappa shape index (κ3) is 4.43. The number of aromatic nitrogens is 2. The van der Waals surface area contributed by atoms with E-state index < -0.39 is 0 Å². The standard InChI is InChI=1S/C14H25N3S2/c1-4-6-15-13(10-12-5-7-17(3)16-12)14-11(2)18-8-9-19-14/h5,7,11,13-15H,4,6,8-10H2,1-3H3. The number of hydrogen-bond acceptors (Lipinski definition) is 4. The van der Waals surface area contributed by atoms with Crippen LogP contribution in [0.1, 0.15) is 26.0 Å². The number of rotatable bonds is 6. The summed E-state index contributed by atoms with van der Waals surface area (Å²) in [7, 11) is 1.99. The fourth-order valence-electron chi connectivity index (χ4n) is 2.52. The van der Waals surface area contributed by atoms with Gasteiger partial charge < -0.3 is 5.32 Å². The van der Waals surface area contributed by atoms with Crippen molar-refractivity contribution in [1.82, 2.24) is 15.1 Å². The topological polar surface area (TPSA) is 29.9 Å². The number of aryl methyl sites for hydroxylation is 1. The lowest BCUT2D eigenvalue weighted by atomic mass is 10.1. The van der Waals surface area contributed by atoms with Crippen LogP contribution in [0, 0.1) is 0 Å². The molecule has 1 fully saturated rings. The van der Waals surface area contributed by atoms with Gasteiger partial charge in [-0.3, -0.25) is 4.68 Å². The van der Waals surface area contributed by atoms with Crippen molar-refractivity contribution in [1.29, 1.82) is 0 Å². The summed E-state index contributed by atoms with van der Waals surface area (Å²) in [5, 5.41) is 9.72. The van der Waals surface area contributed by atoms with Gasteiger partial charge in [-0.1, -0.05) is 13.8 Å². The molecule has 3 atom stereocenters. The van der Waals surface area contributed by atoms with E-state index in [1.165, 1.54) is 23.6 Å². The van der Waals surface area contributed by atoms with Crippen LogP contribution in [0.3, 0.4) is 0 Å². The number of hydrogen-bond donors (Lipinski definition) is 1. The Hall–Kier alpha value is -0.130. The van der Waals surface area contributed by atoms with E-state index >= 15 is 0 Å². The Balaban J connectivity index is 2.01. The third-order valence-corrected chi connectivity index (χ3v) is 6.74. The third-order valence-electron chi connectivity index (χ3n) is 3.49. The van der Waals surface area contributed by atoms with Gasteiger partial charge in [-0.15, -0.1) is 0 Å². The van der Waals surface area contributed by atoms with Crippen LogP contribution in [-0.4, -0.2) is 44.4 Å². The lowest BCUT2D eigenvalue weighted by Gasteiger charge is -2.34. The molecule has 3 nitrogen and oxygen atoms in total. The normalized spacial score (nSPS) is 25.4. The molecule has 1 saturated heterocycles. The first-order valence-corrected chi connectivity index (χ1v) is 9.25. The Morgan fingerprint density at radius 1 is 1.47 bits per heavy atom. The number of nitrogens with one attached hydrogen (secondary N) is 1. The fraction of sp³-hybridized carbons (Fsp3) is 0.786. The molecule has 3 unspecified atom stereocenters.